The maximum atomic E-state index is 11.7. The average Bonchev–Trinajstić information content (AvgIpc) is 3.05. The predicted molar refractivity (Wildman–Crippen MR) is 106 cm³/mol. The Morgan fingerprint density at radius 1 is 1.36 bits per heavy atom. The third-order valence-corrected chi connectivity index (χ3v) is 6.02. The summed E-state index contributed by atoms with van der Waals surface area (Å²) in [5.74, 6) is 1.94. The summed E-state index contributed by atoms with van der Waals surface area (Å²) in [4.78, 5) is 14.2. The Balaban J connectivity index is 0.00000225. The van der Waals surface area contributed by atoms with Crippen molar-refractivity contribution in [3.8, 4) is 5.75 Å². The van der Waals surface area contributed by atoms with E-state index in [1.165, 1.54) is 5.56 Å². The van der Waals surface area contributed by atoms with E-state index in [1.54, 1.807) is 18.9 Å². The van der Waals surface area contributed by atoms with Crippen LogP contribution >= 0.6 is 24.2 Å². The van der Waals surface area contributed by atoms with Crippen molar-refractivity contribution in [3.05, 3.63) is 29.8 Å². The van der Waals surface area contributed by atoms with Gasteiger partial charge in [-0.1, -0.05) is 12.1 Å². The lowest BCUT2D eigenvalue weighted by molar-refractivity contribution is -0.118. The first-order chi connectivity index (χ1) is 11.8. The van der Waals surface area contributed by atoms with Crippen LogP contribution in [0.2, 0.25) is 0 Å². The molecule has 2 N–H and O–H groups in total. The number of halogens is 1. The molecule has 7 heteroatoms. The highest BCUT2D eigenvalue weighted by Crippen LogP contribution is 2.35. The van der Waals surface area contributed by atoms with Crippen LogP contribution in [0.15, 0.2) is 24.3 Å². The smallest absolute Gasteiger partial charge is 0.230 e. The first-order valence-corrected chi connectivity index (χ1v) is 9.79. The van der Waals surface area contributed by atoms with Gasteiger partial charge < -0.3 is 20.3 Å². The number of carbonyl (C=O) groups excluding carboxylic acids is 1. The van der Waals surface area contributed by atoms with Gasteiger partial charge in [0.25, 0.3) is 0 Å². The van der Waals surface area contributed by atoms with E-state index in [-0.39, 0.29) is 23.7 Å². The molecular formula is C18H28ClN3O2S. The normalized spacial score (nSPS) is 22.1. The fraction of sp³-hybridized carbons (Fsp3) is 0.611. The molecule has 2 heterocycles. The van der Waals surface area contributed by atoms with Crippen molar-refractivity contribution in [2.45, 2.75) is 24.1 Å². The molecule has 2 aliphatic heterocycles. The average molecular weight is 386 g/mol. The highest BCUT2D eigenvalue weighted by atomic mass is 35.5. The summed E-state index contributed by atoms with van der Waals surface area (Å²) in [7, 11) is 1.70. The molecule has 0 radical (unpaired) electrons. The maximum absolute atomic E-state index is 11.7. The second kappa shape index (κ2) is 10.3. The number of nitrogens with zero attached hydrogens (tertiary/aromatic N) is 1. The van der Waals surface area contributed by atoms with Crippen molar-refractivity contribution in [3.63, 3.8) is 0 Å². The highest BCUT2D eigenvalue weighted by molar-refractivity contribution is 8.01. The summed E-state index contributed by atoms with van der Waals surface area (Å²) in [6.07, 6.45) is 2.23. The van der Waals surface area contributed by atoms with Crippen LogP contribution < -0.4 is 15.4 Å². The minimum Gasteiger partial charge on any atom is -0.497 e. The number of ether oxygens (including phenoxy) is 1. The third-order valence-electron chi connectivity index (χ3n) is 4.78. The molecule has 5 nitrogen and oxygen atoms in total. The van der Waals surface area contributed by atoms with Crippen LogP contribution in [0.25, 0.3) is 0 Å². The minimum absolute atomic E-state index is 0. The lowest BCUT2D eigenvalue weighted by Crippen LogP contribution is -2.43. The minimum atomic E-state index is 0. The molecule has 1 aromatic rings. The molecule has 140 valence electrons. The number of nitrogens with one attached hydrogen (secondary N) is 2. The standard InChI is InChI=1S/C18H27N3O2S.ClH/c1-23-15-5-2-4-14(12-15)16(18-20-17(22)13-24-18)6-3-9-21-10-7-19-8-11-21;/h2,4-5,12,16,18-19H,3,6-11,13H2,1H3,(H,20,22);1H. The van der Waals surface area contributed by atoms with Gasteiger partial charge >= 0.3 is 0 Å². The van der Waals surface area contributed by atoms with E-state index in [9.17, 15) is 4.79 Å². The van der Waals surface area contributed by atoms with E-state index in [0.29, 0.717) is 11.7 Å². The van der Waals surface area contributed by atoms with Gasteiger partial charge in [0.1, 0.15) is 5.75 Å². The number of methoxy groups -OCH3 is 1. The second-order valence-corrected chi connectivity index (χ2v) is 7.55. The zero-order chi connectivity index (χ0) is 16.8. The lowest BCUT2D eigenvalue weighted by Gasteiger charge is -2.29. The Bertz CT molecular complexity index is 555. The van der Waals surface area contributed by atoms with Crippen LogP contribution in [0, 0.1) is 0 Å². The Kier molecular flexibility index (Phi) is 8.36. The van der Waals surface area contributed by atoms with Gasteiger partial charge in [0, 0.05) is 32.1 Å². The quantitative estimate of drug-likeness (QED) is 0.752. The molecule has 0 aliphatic carbocycles. The van der Waals surface area contributed by atoms with Crippen molar-refractivity contribution in [1.82, 2.24) is 15.5 Å². The molecule has 1 amide bonds. The van der Waals surface area contributed by atoms with Crippen LogP contribution in [0.5, 0.6) is 5.75 Å². The SMILES string of the molecule is COc1cccc(C(CCCN2CCNCC2)C2NC(=O)CS2)c1.Cl. The van der Waals surface area contributed by atoms with Crippen molar-refractivity contribution in [2.75, 3.05) is 45.6 Å². The van der Waals surface area contributed by atoms with Crippen LogP contribution in [-0.4, -0.2) is 61.8 Å². The molecule has 0 aromatic heterocycles. The third kappa shape index (κ3) is 5.78. The van der Waals surface area contributed by atoms with E-state index in [1.807, 2.05) is 12.1 Å². The number of hydrogen-bond donors (Lipinski definition) is 2. The predicted octanol–water partition coefficient (Wildman–Crippen LogP) is 2.08. The lowest BCUT2D eigenvalue weighted by atomic mass is 9.93. The molecule has 2 unspecified atom stereocenters. The Hall–Kier alpha value is -0.950. The first kappa shape index (κ1) is 20.4. The fourth-order valence-electron chi connectivity index (χ4n) is 3.46. The maximum Gasteiger partial charge on any atom is 0.230 e. The molecule has 25 heavy (non-hydrogen) atoms. The molecule has 2 fully saturated rings. The monoisotopic (exact) mass is 385 g/mol. The number of amides is 1. The molecule has 0 spiro atoms. The van der Waals surface area contributed by atoms with E-state index >= 15 is 0 Å². The van der Waals surface area contributed by atoms with Gasteiger partial charge in [-0.3, -0.25) is 4.79 Å². The zero-order valence-electron chi connectivity index (χ0n) is 14.7. The summed E-state index contributed by atoms with van der Waals surface area (Å²) in [6.45, 7) is 5.59. The Morgan fingerprint density at radius 3 is 2.84 bits per heavy atom. The topological polar surface area (TPSA) is 53.6 Å². The molecule has 0 bridgehead atoms. The van der Waals surface area contributed by atoms with Crippen LogP contribution in [0.1, 0.15) is 24.3 Å². The summed E-state index contributed by atoms with van der Waals surface area (Å²) < 4.78 is 5.38. The first-order valence-electron chi connectivity index (χ1n) is 8.74. The van der Waals surface area contributed by atoms with Gasteiger partial charge in [-0.25, -0.2) is 0 Å². The second-order valence-electron chi connectivity index (χ2n) is 6.42. The van der Waals surface area contributed by atoms with Gasteiger partial charge in [-0.2, -0.15) is 0 Å². The summed E-state index contributed by atoms with van der Waals surface area (Å²) >= 11 is 1.73. The van der Waals surface area contributed by atoms with Crippen LogP contribution in [0.4, 0.5) is 0 Å². The molecule has 0 saturated carbocycles. The van der Waals surface area contributed by atoms with Gasteiger partial charge in [0.05, 0.1) is 18.2 Å². The molecule has 2 saturated heterocycles. The zero-order valence-corrected chi connectivity index (χ0v) is 16.3. The molecule has 3 rings (SSSR count). The molecule has 2 atom stereocenters. The van der Waals surface area contributed by atoms with E-state index in [4.69, 9.17) is 4.74 Å². The number of carbonyl (C=O) groups is 1. The highest BCUT2D eigenvalue weighted by Gasteiger charge is 2.30. The van der Waals surface area contributed by atoms with E-state index in [0.717, 1.165) is 51.3 Å². The molecule has 1 aromatic carbocycles. The van der Waals surface area contributed by atoms with Gasteiger partial charge in [0.2, 0.25) is 5.91 Å². The van der Waals surface area contributed by atoms with E-state index in [2.05, 4.69) is 27.7 Å². The van der Waals surface area contributed by atoms with Gasteiger partial charge in [-0.15, -0.1) is 24.2 Å². The number of hydrogen-bond acceptors (Lipinski definition) is 5. The number of benzene rings is 1. The van der Waals surface area contributed by atoms with Crippen LogP contribution in [0.3, 0.4) is 0 Å². The number of rotatable bonds is 7. The number of thioether (sulfide) groups is 1. The van der Waals surface area contributed by atoms with Crippen molar-refractivity contribution >= 4 is 30.1 Å². The summed E-state index contributed by atoms with van der Waals surface area (Å²) in [6, 6.07) is 8.28. The van der Waals surface area contributed by atoms with Gasteiger partial charge in [-0.05, 0) is 37.1 Å². The largest absolute Gasteiger partial charge is 0.497 e. The fourth-order valence-corrected chi connectivity index (χ4v) is 4.61. The van der Waals surface area contributed by atoms with E-state index < -0.39 is 0 Å². The van der Waals surface area contributed by atoms with Crippen molar-refractivity contribution in [2.24, 2.45) is 0 Å². The number of piperazine rings is 1. The Morgan fingerprint density at radius 2 is 2.16 bits per heavy atom. The molecule has 2 aliphatic rings. The summed E-state index contributed by atoms with van der Waals surface area (Å²) in [5.41, 5.74) is 1.26. The Labute approximate surface area is 160 Å². The van der Waals surface area contributed by atoms with Crippen LogP contribution in [-0.2, 0) is 4.79 Å². The van der Waals surface area contributed by atoms with Crippen molar-refractivity contribution in [1.29, 1.82) is 0 Å². The molecular weight excluding hydrogens is 358 g/mol. The summed E-state index contributed by atoms with van der Waals surface area (Å²) in [5, 5.41) is 6.71. The van der Waals surface area contributed by atoms with Gasteiger partial charge in [0.15, 0.2) is 0 Å². The van der Waals surface area contributed by atoms with Crippen molar-refractivity contribution < 1.29 is 9.53 Å².